The lowest BCUT2D eigenvalue weighted by atomic mass is 9.76. The van der Waals surface area contributed by atoms with E-state index in [2.05, 4.69) is 6.07 Å². The van der Waals surface area contributed by atoms with Gasteiger partial charge in [0.15, 0.2) is 0 Å². The van der Waals surface area contributed by atoms with Crippen LogP contribution in [0.2, 0.25) is 0 Å². The Hall–Kier alpha value is -1.79. The van der Waals surface area contributed by atoms with E-state index in [0.717, 1.165) is 24.1 Å². The second kappa shape index (κ2) is 5.36. The smallest absolute Gasteiger partial charge is 0.267 e. The summed E-state index contributed by atoms with van der Waals surface area (Å²) >= 11 is 0. The molecular formula is C18H21NO4S. The topological polar surface area (TPSA) is 59.8 Å². The molecule has 24 heavy (non-hydrogen) atoms. The van der Waals surface area contributed by atoms with Gasteiger partial charge < -0.3 is 9.15 Å². The Morgan fingerprint density at radius 3 is 2.50 bits per heavy atom. The van der Waals surface area contributed by atoms with Gasteiger partial charge in [0, 0.05) is 31.2 Å². The third-order valence-corrected chi connectivity index (χ3v) is 7.07. The normalized spacial score (nSPS) is 19.7. The minimum atomic E-state index is -3.64. The number of furan rings is 1. The zero-order valence-electron chi connectivity index (χ0n) is 13.9. The molecule has 0 amide bonds. The first kappa shape index (κ1) is 15.7. The van der Waals surface area contributed by atoms with Crippen LogP contribution in [-0.4, -0.2) is 28.2 Å². The van der Waals surface area contributed by atoms with Gasteiger partial charge >= 0.3 is 0 Å². The fraction of sp³-hybridized carbons (Fsp3) is 0.444. The number of aryl methyl sites for hydroxylation is 2. The molecule has 2 aliphatic heterocycles. The summed E-state index contributed by atoms with van der Waals surface area (Å²) in [7, 11) is -3.64. The summed E-state index contributed by atoms with van der Waals surface area (Å²) in [5.74, 6) is 1.05. The number of sulfonamides is 1. The lowest BCUT2D eigenvalue weighted by Gasteiger charge is -2.34. The molecule has 1 aromatic heterocycles. The highest BCUT2D eigenvalue weighted by Crippen LogP contribution is 2.48. The van der Waals surface area contributed by atoms with E-state index >= 15 is 0 Å². The van der Waals surface area contributed by atoms with Crippen LogP contribution in [0.3, 0.4) is 0 Å². The van der Waals surface area contributed by atoms with E-state index in [0.29, 0.717) is 31.3 Å². The number of hydrogen-bond acceptors (Lipinski definition) is 4. The van der Waals surface area contributed by atoms with Crippen molar-refractivity contribution in [1.82, 2.24) is 0 Å². The molecular weight excluding hydrogens is 326 g/mol. The largest absolute Gasteiger partial charge is 0.465 e. The average Bonchev–Trinajstić information content (AvgIpc) is 3.08. The van der Waals surface area contributed by atoms with E-state index in [9.17, 15) is 8.42 Å². The fourth-order valence-corrected chi connectivity index (χ4v) is 5.76. The Balaban J connectivity index is 1.84. The Labute approximate surface area is 142 Å². The van der Waals surface area contributed by atoms with Gasteiger partial charge in [0.05, 0.1) is 5.69 Å². The van der Waals surface area contributed by atoms with Crippen LogP contribution in [0.25, 0.3) is 0 Å². The van der Waals surface area contributed by atoms with Gasteiger partial charge in [-0.05, 0) is 38.3 Å². The van der Waals surface area contributed by atoms with Crippen LogP contribution < -0.4 is 4.31 Å². The van der Waals surface area contributed by atoms with Crippen molar-refractivity contribution < 1.29 is 17.6 Å². The summed E-state index contributed by atoms with van der Waals surface area (Å²) in [6, 6.07) is 9.46. The first-order chi connectivity index (χ1) is 11.4. The van der Waals surface area contributed by atoms with Crippen LogP contribution in [0.5, 0.6) is 0 Å². The highest BCUT2D eigenvalue weighted by atomic mass is 32.2. The van der Waals surface area contributed by atoms with E-state index in [4.69, 9.17) is 9.15 Å². The van der Waals surface area contributed by atoms with Crippen molar-refractivity contribution >= 4 is 15.7 Å². The Morgan fingerprint density at radius 2 is 1.83 bits per heavy atom. The lowest BCUT2D eigenvalue weighted by Crippen LogP contribution is -2.40. The molecule has 3 heterocycles. The quantitative estimate of drug-likeness (QED) is 0.837. The highest BCUT2D eigenvalue weighted by molar-refractivity contribution is 7.93. The van der Waals surface area contributed by atoms with Crippen molar-refractivity contribution in [3.63, 3.8) is 0 Å². The third-order valence-electron chi connectivity index (χ3n) is 5.20. The van der Waals surface area contributed by atoms with Gasteiger partial charge in [0.25, 0.3) is 10.0 Å². The maximum Gasteiger partial charge on any atom is 0.267 e. The third kappa shape index (κ3) is 2.20. The van der Waals surface area contributed by atoms with Crippen molar-refractivity contribution in [2.75, 3.05) is 24.1 Å². The second-order valence-corrected chi connectivity index (χ2v) is 8.53. The van der Waals surface area contributed by atoms with E-state index < -0.39 is 10.0 Å². The molecule has 2 aliphatic rings. The van der Waals surface area contributed by atoms with E-state index in [1.54, 1.807) is 24.2 Å². The second-order valence-electron chi connectivity index (χ2n) is 6.70. The Morgan fingerprint density at radius 1 is 1.12 bits per heavy atom. The van der Waals surface area contributed by atoms with Crippen LogP contribution in [0, 0.1) is 13.8 Å². The van der Waals surface area contributed by atoms with E-state index in [1.165, 1.54) is 0 Å². The van der Waals surface area contributed by atoms with Crippen LogP contribution in [0.15, 0.2) is 39.6 Å². The predicted octanol–water partition coefficient (Wildman–Crippen LogP) is 3.15. The zero-order chi connectivity index (χ0) is 16.9. The van der Waals surface area contributed by atoms with Crippen LogP contribution >= 0.6 is 0 Å². The van der Waals surface area contributed by atoms with E-state index in [-0.39, 0.29) is 10.3 Å². The van der Waals surface area contributed by atoms with Crippen LogP contribution in [0.4, 0.5) is 5.69 Å². The van der Waals surface area contributed by atoms with Crippen LogP contribution in [0.1, 0.15) is 29.9 Å². The van der Waals surface area contributed by atoms with Crippen molar-refractivity contribution in [2.45, 2.75) is 37.0 Å². The van der Waals surface area contributed by atoms with Crippen molar-refractivity contribution in [1.29, 1.82) is 0 Å². The summed E-state index contributed by atoms with van der Waals surface area (Å²) < 4.78 is 39.1. The summed E-state index contributed by atoms with van der Waals surface area (Å²) in [5.41, 5.74) is 1.77. The maximum atomic E-state index is 13.3. The number of fused-ring (bicyclic) bond motifs is 2. The molecule has 0 N–H and O–H groups in total. The molecule has 1 saturated heterocycles. The van der Waals surface area contributed by atoms with Gasteiger partial charge in [-0.1, -0.05) is 18.2 Å². The molecule has 128 valence electrons. The van der Waals surface area contributed by atoms with Gasteiger partial charge in [0.1, 0.15) is 16.4 Å². The summed E-state index contributed by atoms with van der Waals surface area (Å²) in [4.78, 5) is 0.263. The Kier molecular flexibility index (Phi) is 3.51. The molecule has 1 aromatic carbocycles. The maximum absolute atomic E-state index is 13.3. The molecule has 0 bridgehead atoms. The van der Waals surface area contributed by atoms with Gasteiger partial charge in [-0.3, -0.25) is 4.31 Å². The minimum absolute atomic E-state index is 0.144. The predicted molar refractivity (Wildman–Crippen MR) is 90.9 cm³/mol. The van der Waals surface area contributed by atoms with Crippen molar-refractivity contribution in [3.05, 3.63) is 47.4 Å². The first-order valence-corrected chi connectivity index (χ1v) is 9.65. The molecule has 0 unspecified atom stereocenters. The van der Waals surface area contributed by atoms with Crippen molar-refractivity contribution in [2.24, 2.45) is 0 Å². The summed E-state index contributed by atoms with van der Waals surface area (Å²) in [5, 5.41) is 0. The van der Waals surface area contributed by atoms with Gasteiger partial charge in [-0.25, -0.2) is 8.42 Å². The number of hydrogen-bond donors (Lipinski definition) is 0. The molecule has 1 fully saturated rings. The van der Waals surface area contributed by atoms with E-state index in [1.807, 2.05) is 18.2 Å². The molecule has 6 heteroatoms. The molecule has 4 rings (SSSR count). The average molecular weight is 347 g/mol. The Bertz CT molecular complexity index is 878. The number of para-hydroxylation sites is 1. The minimum Gasteiger partial charge on any atom is -0.465 e. The van der Waals surface area contributed by atoms with Gasteiger partial charge in [-0.15, -0.1) is 0 Å². The molecule has 1 spiro atoms. The molecule has 5 nitrogen and oxygen atoms in total. The molecule has 0 radical (unpaired) electrons. The van der Waals surface area contributed by atoms with Crippen molar-refractivity contribution in [3.8, 4) is 0 Å². The fourth-order valence-electron chi connectivity index (χ4n) is 3.97. The molecule has 0 aliphatic carbocycles. The SMILES string of the molecule is Cc1cc(S(=O)(=O)N2CC3(CCOCC3)c3ccccc32)c(C)o1. The molecule has 0 saturated carbocycles. The highest BCUT2D eigenvalue weighted by Gasteiger charge is 2.47. The number of nitrogens with zero attached hydrogens (tertiary/aromatic N) is 1. The standard InChI is InChI=1S/C18H21NO4S/c1-13-11-17(14(2)23-13)24(20,21)19-12-18(7-9-22-10-8-18)15-5-3-4-6-16(15)19/h3-6,11H,7-10,12H2,1-2H3. The molecule has 0 atom stereocenters. The zero-order valence-corrected chi connectivity index (χ0v) is 14.7. The summed E-state index contributed by atoms with van der Waals surface area (Å²) in [6.07, 6.45) is 1.69. The van der Waals surface area contributed by atoms with Gasteiger partial charge in [-0.2, -0.15) is 0 Å². The summed E-state index contributed by atoms with van der Waals surface area (Å²) in [6.45, 7) is 5.29. The number of rotatable bonds is 2. The first-order valence-electron chi connectivity index (χ1n) is 8.21. The van der Waals surface area contributed by atoms with Crippen LogP contribution in [-0.2, 0) is 20.2 Å². The monoisotopic (exact) mass is 347 g/mol. The van der Waals surface area contributed by atoms with Gasteiger partial charge in [0.2, 0.25) is 0 Å². The molecule has 2 aromatic rings. The number of anilines is 1. The number of benzene rings is 1. The number of ether oxygens (including phenoxy) is 1. The lowest BCUT2D eigenvalue weighted by molar-refractivity contribution is 0.0560.